The highest BCUT2D eigenvalue weighted by atomic mass is 14.4. The fourth-order valence-electron chi connectivity index (χ4n) is 1.98. The van der Waals surface area contributed by atoms with E-state index in [1.165, 1.54) is 32.1 Å². The van der Waals surface area contributed by atoms with Gasteiger partial charge in [-0.3, -0.25) is 0 Å². The quantitative estimate of drug-likeness (QED) is 0.523. The highest BCUT2D eigenvalue weighted by Gasteiger charge is 2.34. The predicted octanol–water partition coefficient (Wildman–Crippen LogP) is 4.02. The van der Waals surface area contributed by atoms with Crippen molar-refractivity contribution in [2.75, 3.05) is 0 Å². The number of rotatable bonds is 6. The smallest absolute Gasteiger partial charge is 0.0265 e. The predicted molar refractivity (Wildman–Crippen MR) is 55.1 cm³/mol. The molecule has 0 spiro atoms. The summed E-state index contributed by atoms with van der Waals surface area (Å²) in [6.07, 6.45) is 9.23. The Morgan fingerprint density at radius 1 is 1.42 bits per heavy atom. The van der Waals surface area contributed by atoms with E-state index in [2.05, 4.69) is 26.5 Å². The zero-order chi connectivity index (χ0) is 8.97. The van der Waals surface area contributed by atoms with Crippen LogP contribution in [-0.4, -0.2) is 0 Å². The molecule has 0 N–H and O–H groups in total. The zero-order valence-electron chi connectivity index (χ0n) is 8.55. The van der Waals surface area contributed by atoms with E-state index in [0.717, 1.165) is 17.8 Å². The largest absolute Gasteiger partial charge is 0.103 e. The number of allylic oxidation sites excluding steroid dienone is 1. The minimum absolute atomic E-state index is 0.730. The molecule has 1 aliphatic carbocycles. The lowest BCUT2D eigenvalue weighted by Crippen LogP contribution is -1.91. The lowest BCUT2D eigenvalue weighted by molar-refractivity contribution is 0.529. The maximum absolute atomic E-state index is 3.81. The van der Waals surface area contributed by atoms with Gasteiger partial charge in [0, 0.05) is 0 Å². The SMILES string of the molecule is C=CC(C)CCC1CC1CCC. The first-order valence-corrected chi connectivity index (χ1v) is 5.40. The van der Waals surface area contributed by atoms with Gasteiger partial charge in [0.1, 0.15) is 0 Å². The average molecular weight is 166 g/mol. The third kappa shape index (κ3) is 3.00. The van der Waals surface area contributed by atoms with Gasteiger partial charge in [0.05, 0.1) is 0 Å². The van der Waals surface area contributed by atoms with Gasteiger partial charge < -0.3 is 0 Å². The van der Waals surface area contributed by atoms with E-state index in [1.54, 1.807) is 0 Å². The van der Waals surface area contributed by atoms with Crippen LogP contribution in [0.5, 0.6) is 0 Å². The third-order valence-corrected chi connectivity index (χ3v) is 3.12. The van der Waals surface area contributed by atoms with E-state index >= 15 is 0 Å². The molecule has 0 amide bonds. The monoisotopic (exact) mass is 166 g/mol. The van der Waals surface area contributed by atoms with Gasteiger partial charge in [-0.2, -0.15) is 0 Å². The molecule has 0 aliphatic heterocycles. The minimum Gasteiger partial charge on any atom is -0.103 e. The fraction of sp³-hybridized carbons (Fsp3) is 0.833. The van der Waals surface area contributed by atoms with Gasteiger partial charge in [-0.1, -0.05) is 32.8 Å². The van der Waals surface area contributed by atoms with Crippen molar-refractivity contribution < 1.29 is 0 Å². The molecule has 70 valence electrons. The second-order valence-corrected chi connectivity index (χ2v) is 4.33. The summed E-state index contributed by atoms with van der Waals surface area (Å²) < 4.78 is 0. The Morgan fingerprint density at radius 2 is 2.08 bits per heavy atom. The maximum atomic E-state index is 3.81. The molecule has 0 saturated heterocycles. The summed E-state index contributed by atoms with van der Waals surface area (Å²) in [5, 5.41) is 0. The summed E-state index contributed by atoms with van der Waals surface area (Å²) in [5.74, 6) is 2.90. The summed E-state index contributed by atoms with van der Waals surface area (Å²) in [5.41, 5.74) is 0. The van der Waals surface area contributed by atoms with Crippen LogP contribution in [0.2, 0.25) is 0 Å². The average Bonchev–Trinajstić information content (AvgIpc) is 2.80. The van der Waals surface area contributed by atoms with Crippen molar-refractivity contribution in [1.29, 1.82) is 0 Å². The van der Waals surface area contributed by atoms with Crippen LogP contribution in [0.3, 0.4) is 0 Å². The summed E-state index contributed by atoms with van der Waals surface area (Å²) in [7, 11) is 0. The van der Waals surface area contributed by atoms with E-state index in [1.807, 2.05) is 0 Å². The van der Waals surface area contributed by atoms with Crippen LogP contribution >= 0.6 is 0 Å². The van der Waals surface area contributed by atoms with Crippen LogP contribution in [-0.2, 0) is 0 Å². The lowest BCUT2D eigenvalue weighted by Gasteiger charge is -2.03. The van der Waals surface area contributed by atoms with Gasteiger partial charge in [-0.25, -0.2) is 0 Å². The van der Waals surface area contributed by atoms with Crippen molar-refractivity contribution >= 4 is 0 Å². The molecule has 1 rings (SSSR count). The van der Waals surface area contributed by atoms with Crippen LogP contribution in [0.25, 0.3) is 0 Å². The van der Waals surface area contributed by atoms with E-state index < -0.39 is 0 Å². The van der Waals surface area contributed by atoms with Crippen molar-refractivity contribution in [3.8, 4) is 0 Å². The second kappa shape index (κ2) is 4.69. The molecule has 0 heteroatoms. The molecule has 0 aromatic heterocycles. The Labute approximate surface area is 77.1 Å². The van der Waals surface area contributed by atoms with Crippen molar-refractivity contribution in [2.45, 2.75) is 46.0 Å². The van der Waals surface area contributed by atoms with E-state index in [9.17, 15) is 0 Å². The molecule has 0 aromatic rings. The molecule has 1 aliphatic rings. The number of hydrogen-bond donors (Lipinski definition) is 0. The van der Waals surface area contributed by atoms with Crippen molar-refractivity contribution in [2.24, 2.45) is 17.8 Å². The zero-order valence-corrected chi connectivity index (χ0v) is 8.55. The lowest BCUT2D eigenvalue weighted by atomic mass is 10.0. The molecule has 0 bridgehead atoms. The molecular formula is C12H22. The Morgan fingerprint density at radius 3 is 2.67 bits per heavy atom. The molecular weight excluding hydrogens is 144 g/mol. The minimum atomic E-state index is 0.730. The van der Waals surface area contributed by atoms with Crippen molar-refractivity contribution in [3.63, 3.8) is 0 Å². The standard InChI is InChI=1S/C12H22/c1-4-6-11-9-12(11)8-7-10(3)5-2/h5,10-12H,2,4,6-9H2,1,3H3. The summed E-state index contributed by atoms with van der Waals surface area (Å²) in [6.45, 7) is 8.38. The summed E-state index contributed by atoms with van der Waals surface area (Å²) in [4.78, 5) is 0. The van der Waals surface area contributed by atoms with Gasteiger partial charge >= 0.3 is 0 Å². The first-order chi connectivity index (χ1) is 5.77. The highest BCUT2D eigenvalue weighted by molar-refractivity contribution is 4.87. The van der Waals surface area contributed by atoms with Gasteiger partial charge in [0.15, 0.2) is 0 Å². The van der Waals surface area contributed by atoms with Gasteiger partial charge in [0.2, 0.25) is 0 Å². The number of hydrogen-bond acceptors (Lipinski definition) is 0. The molecule has 0 heterocycles. The Bertz CT molecular complexity index is 137. The molecule has 3 atom stereocenters. The molecule has 0 aromatic carbocycles. The van der Waals surface area contributed by atoms with E-state index in [-0.39, 0.29) is 0 Å². The normalized spacial score (nSPS) is 29.8. The fourth-order valence-corrected chi connectivity index (χ4v) is 1.98. The van der Waals surface area contributed by atoms with Crippen LogP contribution in [0.15, 0.2) is 12.7 Å². The van der Waals surface area contributed by atoms with E-state index in [4.69, 9.17) is 0 Å². The van der Waals surface area contributed by atoms with Gasteiger partial charge in [-0.15, -0.1) is 6.58 Å². The Kier molecular flexibility index (Phi) is 3.84. The maximum Gasteiger partial charge on any atom is -0.0265 e. The van der Waals surface area contributed by atoms with Gasteiger partial charge in [-0.05, 0) is 37.0 Å². The topological polar surface area (TPSA) is 0 Å². The summed E-state index contributed by atoms with van der Waals surface area (Å²) in [6, 6.07) is 0. The van der Waals surface area contributed by atoms with Crippen LogP contribution in [0.4, 0.5) is 0 Å². The van der Waals surface area contributed by atoms with Crippen LogP contribution in [0.1, 0.15) is 46.0 Å². The molecule has 0 nitrogen and oxygen atoms in total. The molecule has 3 unspecified atom stereocenters. The molecule has 1 saturated carbocycles. The van der Waals surface area contributed by atoms with E-state index in [0.29, 0.717) is 0 Å². The first kappa shape index (κ1) is 9.83. The first-order valence-electron chi connectivity index (χ1n) is 5.40. The second-order valence-electron chi connectivity index (χ2n) is 4.33. The van der Waals surface area contributed by atoms with Crippen molar-refractivity contribution in [1.82, 2.24) is 0 Å². The van der Waals surface area contributed by atoms with Crippen molar-refractivity contribution in [3.05, 3.63) is 12.7 Å². The summed E-state index contributed by atoms with van der Waals surface area (Å²) >= 11 is 0. The van der Waals surface area contributed by atoms with Crippen LogP contribution in [0, 0.1) is 17.8 Å². The molecule has 0 radical (unpaired) electrons. The van der Waals surface area contributed by atoms with Crippen LogP contribution < -0.4 is 0 Å². The highest BCUT2D eigenvalue weighted by Crippen LogP contribution is 2.45. The Hall–Kier alpha value is -0.260. The van der Waals surface area contributed by atoms with Gasteiger partial charge in [0.25, 0.3) is 0 Å². The molecule has 1 fully saturated rings. The Balaban J connectivity index is 2.00. The third-order valence-electron chi connectivity index (χ3n) is 3.12. The molecule has 12 heavy (non-hydrogen) atoms.